The summed E-state index contributed by atoms with van der Waals surface area (Å²) in [6.07, 6.45) is 0. The van der Waals surface area contributed by atoms with Gasteiger partial charge in [0.15, 0.2) is 14.9 Å². The number of rotatable bonds is 4. The summed E-state index contributed by atoms with van der Waals surface area (Å²) in [7, 11) is -1.57. The van der Waals surface area contributed by atoms with Crippen LogP contribution < -0.4 is 4.90 Å². The van der Waals surface area contributed by atoms with E-state index in [-0.39, 0.29) is 23.6 Å². The van der Waals surface area contributed by atoms with E-state index in [1.807, 2.05) is 4.90 Å². The van der Waals surface area contributed by atoms with E-state index in [9.17, 15) is 12.8 Å². The van der Waals surface area contributed by atoms with Crippen molar-refractivity contribution in [1.82, 2.24) is 4.90 Å². The van der Waals surface area contributed by atoms with Crippen molar-refractivity contribution in [2.24, 2.45) is 0 Å². The molecule has 2 aliphatic rings. The zero-order valence-corrected chi connectivity index (χ0v) is 13.7. The Kier molecular flexibility index (Phi) is 4.09. The van der Waals surface area contributed by atoms with E-state index < -0.39 is 15.7 Å². The number of sulfone groups is 1. The predicted octanol–water partition coefficient (Wildman–Crippen LogP) is 1.04. The summed E-state index contributed by atoms with van der Waals surface area (Å²) in [6.45, 7) is 0.936. The molecule has 0 bridgehead atoms. The lowest BCUT2D eigenvalue weighted by molar-refractivity contribution is 0.169. The molecule has 3 rings (SSSR count). The van der Waals surface area contributed by atoms with Crippen LogP contribution in [0.2, 0.25) is 0 Å². The molecule has 0 N–H and O–H groups in total. The zero-order chi connectivity index (χ0) is 15.9. The second kappa shape index (κ2) is 5.75. The van der Waals surface area contributed by atoms with Crippen LogP contribution in [0.3, 0.4) is 0 Å². The van der Waals surface area contributed by atoms with Gasteiger partial charge in [-0.2, -0.15) is 0 Å². The molecule has 0 saturated carbocycles. The van der Waals surface area contributed by atoms with Gasteiger partial charge in [0.05, 0.1) is 35.9 Å². The van der Waals surface area contributed by atoms with Crippen molar-refractivity contribution in [3.8, 4) is 0 Å². The maximum Gasteiger partial charge on any atom is 0.176 e. The Hall–Kier alpha value is -1.25. The number of thiocarbonyl (C=S) groups is 1. The number of para-hydroxylation sites is 1. The third-order valence-corrected chi connectivity index (χ3v) is 6.26. The lowest BCUT2D eigenvalue weighted by Crippen LogP contribution is -2.39. The highest BCUT2D eigenvalue weighted by atomic mass is 32.2. The Bertz CT molecular complexity index is 695. The van der Waals surface area contributed by atoms with Gasteiger partial charge < -0.3 is 14.5 Å². The van der Waals surface area contributed by atoms with Crippen LogP contribution in [0.25, 0.3) is 0 Å². The highest BCUT2D eigenvalue weighted by Crippen LogP contribution is 2.36. The molecule has 0 aliphatic carbocycles. The molecule has 2 atom stereocenters. The van der Waals surface area contributed by atoms with Crippen molar-refractivity contribution >= 4 is 32.9 Å². The molecular formula is C14H17FN2O3S2. The lowest BCUT2D eigenvalue weighted by atomic mass is 10.1. The lowest BCUT2D eigenvalue weighted by Gasteiger charge is -2.25. The van der Waals surface area contributed by atoms with E-state index in [0.717, 1.165) is 0 Å². The van der Waals surface area contributed by atoms with Crippen LogP contribution in [0.1, 0.15) is 0 Å². The topological polar surface area (TPSA) is 49.9 Å². The van der Waals surface area contributed by atoms with Gasteiger partial charge in [-0.25, -0.2) is 12.8 Å². The Morgan fingerprint density at radius 2 is 2.00 bits per heavy atom. The van der Waals surface area contributed by atoms with Gasteiger partial charge in [0.2, 0.25) is 0 Å². The normalized spacial score (nSPS) is 26.5. The predicted molar refractivity (Wildman–Crippen MR) is 86.3 cm³/mol. The molecule has 1 aromatic carbocycles. The van der Waals surface area contributed by atoms with Gasteiger partial charge in [-0.05, 0) is 24.4 Å². The fourth-order valence-corrected chi connectivity index (χ4v) is 5.57. The number of nitrogens with zero attached hydrogens (tertiary/aromatic N) is 2. The summed E-state index contributed by atoms with van der Waals surface area (Å²) >= 11 is 5.48. The molecule has 0 amide bonds. The first kappa shape index (κ1) is 15.6. The summed E-state index contributed by atoms with van der Waals surface area (Å²) in [5.74, 6) is -0.358. The molecule has 120 valence electrons. The first-order chi connectivity index (χ1) is 10.4. The van der Waals surface area contributed by atoms with Crippen LogP contribution in [0, 0.1) is 5.82 Å². The molecule has 0 spiro atoms. The molecule has 0 unspecified atom stereocenters. The summed E-state index contributed by atoms with van der Waals surface area (Å²) in [5, 5.41) is 0.465. The van der Waals surface area contributed by atoms with Crippen LogP contribution in [-0.4, -0.2) is 62.3 Å². The smallest absolute Gasteiger partial charge is 0.176 e. The van der Waals surface area contributed by atoms with Crippen molar-refractivity contribution < 1.29 is 17.5 Å². The van der Waals surface area contributed by atoms with Gasteiger partial charge in [-0.1, -0.05) is 12.1 Å². The largest absolute Gasteiger partial charge is 0.383 e. The second-order valence-electron chi connectivity index (χ2n) is 5.50. The molecule has 8 heteroatoms. The van der Waals surface area contributed by atoms with E-state index in [0.29, 0.717) is 24.0 Å². The summed E-state index contributed by atoms with van der Waals surface area (Å²) in [6, 6.07) is 5.72. The van der Waals surface area contributed by atoms with E-state index >= 15 is 0 Å². The number of anilines is 1. The zero-order valence-electron chi connectivity index (χ0n) is 12.1. The third kappa shape index (κ3) is 2.59. The Balaban J connectivity index is 1.99. The quantitative estimate of drug-likeness (QED) is 0.761. The van der Waals surface area contributed by atoms with Crippen molar-refractivity contribution in [2.75, 3.05) is 36.7 Å². The molecule has 0 radical (unpaired) electrons. The highest BCUT2D eigenvalue weighted by molar-refractivity contribution is 7.91. The molecule has 1 aromatic rings. The third-order valence-electron chi connectivity index (χ3n) is 4.13. The van der Waals surface area contributed by atoms with Crippen LogP contribution >= 0.6 is 12.2 Å². The average Bonchev–Trinajstić information content (AvgIpc) is 2.88. The second-order valence-corrected chi connectivity index (χ2v) is 8.02. The van der Waals surface area contributed by atoms with Crippen molar-refractivity contribution in [1.29, 1.82) is 0 Å². The van der Waals surface area contributed by atoms with E-state index in [4.69, 9.17) is 17.0 Å². The van der Waals surface area contributed by atoms with Gasteiger partial charge in [0.1, 0.15) is 5.82 Å². The standard InChI is InChI=1S/C14H17FN2O3S2/c1-20-7-6-16-12-8-22(18,19)9-13(12)17(14(16)21)11-5-3-2-4-10(11)15/h2-5,12-13H,6-9H2,1H3/t12-,13-/m0/s1. The van der Waals surface area contributed by atoms with Gasteiger partial charge in [-0.15, -0.1) is 0 Å². The van der Waals surface area contributed by atoms with E-state index in [2.05, 4.69) is 0 Å². The first-order valence-electron chi connectivity index (χ1n) is 6.98. The highest BCUT2D eigenvalue weighted by Gasteiger charge is 2.52. The fourth-order valence-electron chi connectivity index (χ4n) is 3.16. The molecule has 2 heterocycles. The first-order valence-corrected chi connectivity index (χ1v) is 9.21. The van der Waals surface area contributed by atoms with Crippen LogP contribution in [-0.2, 0) is 14.6 Å². The average molecular weight is 344 g/mol. The number of ether oxygens (including phenoxy) is 1. The van der Waals surface area contributed by atoms with Gasteiger partial charge in [0.25, 0.3) is 0 Å². The molecule has 0 aromatic heterocycles. The molecule has 2 fully saturated rings. The maximum atomic E-state index is 14.1. The van der Waals surface area contributed by atoms with Crippen molar-refractivity contribution in [2.45, 2.75) is 12.1 Å². The van der Waals surface area contributed by atoms with Crippen molar-refractivity contribution in [3.63, 3.8) is 0 Å². The Labute approximate surface area is 134 Å². The monoisotopic (exact) mass is 344 g/mol. The summed E-state index contributed by atoms with van der Waals surface area (Å²) in [5.41, 5.74) is 0.333. The minimum atomic E-state index is -3.15. The minimum absolute atomic E-state index is 0.00434. The minimum Gasteiger partial charge on any atom is -0.383 e. The van der Waals surface area contributed by atoms with Crippen molar-refractivity contribution in [3.05, 3.63) is 30.1 Å². The molecule has 22 heavy (non-hydrogen) atoms. The molecule has 2 saturated heterocycles. The van der Waals surface area contributed by atoms with Crippen LogP contribution in [0.4, 0.5) is 10.1 Å². The van der Waals surface area contributed by atoms with Gasteiger partial charge in [-0.3, -0.25) is 0 Å². The fraction of sp³-hybridized carbons (Fsp3) is 0.500. The molecular weight excluding hydrogens is 327 g/mol. The van der Waals surface area contributed by atoms with Gasteiger partial charge in [0, 0.05) is 13.7 Å². The molecule has 5 nitrogen and oxygen atoms in total. The number of halogens is 1. The number of hydrogen-bond acceptors (Lipinski definition) is 4. The Morgan fingerprint density at radius 1 is 1.32 bits per heavy atom. The summed E-state index contributed by atoms with van der Waals surface area (Å²) < 4.78 is 43.2. The SMILES string of the molecule is COCCN1C(=S)N(c2ccccc2F)[C@H]2CS(=O)(=O)C[C@@H]21. The van der Waals surface area contributed by atoms with Gasteiger partial charge >= 0.3 is 0 Å². The van der Waals surface area contributed by atoms with E-state index in [1.165, 1.54) is 6.07 Å². The van der Waals surface area contributed by atoms with E-state index in [1.54, 1.807) is 30.2 Å². The number of hydrogen-bond donors (Lipinski definition) is 0. The number of benzene rings is 1. The molecule has 2 aliphatic heterocycles. The number of methoxy groups -OCH3 is 1. The summed E-state index contributed by atoms with van der Waals surface area (Å²) in [4.78, 5) is 3.50. The number of fused-ring (bicyclic) bond motifs is 1. The van der Waals surface area contributed by atoms with Crippen LogP contribution in [0.15, 0.2) is 24.3 Å². The maximum absolute atomic E-state index is 14.1. The Morgan fingerprint density at radius 3 is 2.68 bits per heavy atom. The van der Waals surface area contributed by atoms with Crippen LogP contribution in [0.5, 0.6) is 0 Å².